The zero-order chi connectivity index (χ0) is 22.0. The topological polar surface area (TPSA) is 42.0 Å². The average Bonchev–Trinajstić information content (AvgIpc) is 2.88. The van der Waals surface area contributed by atoms with Crippen LogP contribution in [0.1, 0.15) is 51.8 Å². The van der Waals surface area contributed by atoms with Crippen LogP contribution in [0.25, 0.3) is 0 Å². The maximum Gasteiger partial charge on any atom is 0.413 e. The van der Waals surface area contributed by atoms with Crippen molar-refractivity contribution in [3.05, 3.63) is 47.7 Å². The average molecular weight is 423 g/mol. The van der Waals surface area contributed by atoms with Gasteiger partial charge in [0.1, 0.15) is 24.1 Å². The van der Waals surface area contributed by atoms with E-state index in [1.807, 2.05) is 55.5 Å². The van der Waals surface area contributed by atoms with Crippen LogP contribution in [0.5, 0.6) is 0 Å². The molecule has 5 nitrogen and oxygen atoms in total. The summed E-state index contributed by atoms with van der Waals surface area (Å²) < 4.78 is 25.6. The van der Waals surface area contributed by atoms with Gasteiger partial charge < -0.3 is 14.4 Å². The molecule has 0 aliphatic carbocycles. The summed E-state index contributed by atoms with van der Waals surface area (Å²) in [5.41, 5.74) is 0.00484. The minimum atomic E-state index is -0.994. The first kappa shape index (κ1) is 23.3. The normalized spacial score (nSPS) is 21.4. The summed E-state index contributed by atoms with van der Waals surface area (Å²) in [6.45, 7) is 8.10. The smallest absolute Gasteiger partial charge is 0.413 e. The number of hydrogen-bond acceptors (Lipinski definition) is 5. The summed E-state index contributed by atoms with van der Waals surface area (Å²) in [5, 5.41) is 0. The van der Waals surface area contributed by atoms with Gasteiger partial charge in [0.25, 0.3) is 0 Å². The molecule has 1 aliphatic rings. The molecule has 0 saturated carbocycles. The third kappa shape index (κ3) is 5.76. The van der Waals surface area contributed by atoms with Crippen LogP contribution in [0.2, 0.25) is 0 Å². The van der Waals surface area contributed by atoms with Crippen molar-refractivity contribution < 1.29 is 18.7 Å². The number of carbonyl (C=O) groups excluding carboxylic acids is 1. The highest BCUT2D eigenvalue weighted by atomic mass is 32.1. The molecule has 1 fully saturated rings. The zero-order valence-electron chi connectivity index (χ0n) is 18.2. The lowest BCUT2D eigenvalue weighted by Gasteiger charge is -2.34. The van der Waals surface area contributed by atoms with Crippen molar-refractivity contribution in [3.8, 4) is 0 Å². The Morgan fingerprint density at radius 1 is 1.31 bits per heavy atom. The van der Waals surface area contributed by atoms with Crippen molar-refractivity contribution in [3.63, 3.8) is 0 Å². The summed E-state index contributed by atoms with van der Waals surface area (Å²) in [4.78, 5) is 16.7. The molecule has 0 spiro atoms. The Balaban J connectivity index is 2.26. The number of thiocarbonyl (C=S) groups is 1. The van der Waals surface area contributed by atoms with Gasteiger partial charge in [-0.3, -0.25) is 4.90 Å². The molecule has 1 aromatic rings. The van der Waals surface area contributed by atoms with Crippen LogP contribution < -0.4 is 0 Å². The van der Waals surface area contributed by atoms with Crippen molar-refractivity contribution in [1.29, 1.82) is 0 Å². The highest BCUT2D eigenvalue weighted by Crippen LogP contribution is 2.42. The Morgan fingerprint density at radius 3 is 2.38 bits per heavy atom. The molecule has 2 rings (SSSR count). The Bertz CT molecular complexity index is 769. The number of halogens is 1. The first-order valence-corrected chi connectivity index (χ1v) is 10.0. The number of benzene rings is 1. The Hall–Kier alpha value is -1.99. The third-order valence-corrected chi connectivity index (χ3v) is 4.84. The van der Waals surface area contributed by atoms with E-state index >= 15 is 0 Å². The Morgan fingerprint density at radius 2 is 1.90 bits per heavy atom. The number of alkyl halides is 1. The van der Waals surface area contributed by atoms with E-state index in [0.29, 0.717) is 4.86 Å². The molecule has 7 heteroatoms. The van der Waals surface area contributed by atoms with E-state index in [9.17, 15) is 9.18 Å². The molecule has 1 amide bonds. The van der Waals surface area contributed by atoms with Crippen molar-refractivity contribution in [2.45, 2.75) is 58.1 Å². The molecular formula is C22H31FN2O3S. The van der Waals surface area contributed by atoms with E-state index in [2.05, 4.69) is 0 Å². The van der Waals surface area contributed by atoms with Gasteiger partial charge in [0, 0.05) is 19.0 Å². The molecule has 29 heavy (non-hydrogen) atoms. The van der Waals surface area contributed by atoms with Crippen LogP contribution in [0.15, 0.2) is 36.5 Å². The van der Waals surface area contributed by atoms with E-state index in [1.165, 1.54) is 4.90 Å². The standard InChI is InChI=1S/C22H31FN2O3S/c1-21(2,3)28-20(26)25-17(14-23)19(27-22(25,4)5)16-10-8-15(9-11-16)18(29)12-13-24(6)7/h8-13,17,19H,14H2,1-7H3/t17-,19-/m1/s1. The van der Waals surface area contributed by atoms with Gasteiger partial charge >= 0.3 is 6.09 Å². The summed E-state index contributed by atoms with van der Waals surface area (Å²) >= 11 is 5.43. The number of amides is 1. The lowest BCUT2D eigenvalue weighted by molar-refractivity contribution is -0.0797. The van der Waals surface area contributed by atoms with Crippen LogP contribution in [0.3, 0.4) is 0 Å². The molecule has 0 unspecified atom stereocenters. The van der Waals surface area contributed by atoms with E-state index in [1.54, 1.807) is 34.6 Å². The fourth-order valence-corrected chi connectivity index (χ4v) is 3.43. The Labute approximate surface area is 178 Å². The molecule has 2 atom stereocenters. The molecule has 0 N–H and O–H groups in total. The lowest BCUT2D eigenvalue weighted by atomic mass is 10.0. The molecule has 0 bridgehead atoms. The SMILES string of the molecule is CN(C)C=CC(=S)c1ccc([C@H]2OC(C)(C)N(C(=O)OC(C)(C)C)[C@@H]2CF)cc1. The molecule has 0 aromatic heterocycles. The number of nitrogens with zero attached hydrogens (tertiary/aromatic N) is 2. The third-order valence-electron chi connectivity index (χ3n) is 4.47. The van der Waals surface area contributed by atoms with Gasteiger partial charge in [-0.15, -0.1) is 0 Å². The van der Waals surface area contributed by atoms with Gasteiger partial charge in [-0.1, -0.05) is 36.5 Å². The van der Waals surface area contributed by atoms with Gasteiger partial charge in [-0.05, 0) is 58.0 Å². The van der Waals surface area contributed by atoms with Crippen LogP contribution in [-0.4, -0.2) is 58.9 Å². The zero-order valence-corrected chi connectivity index (χ0v) is 19.0. The van der Waals surface area contributed by atoms with Gasteiger partial charge in [0.05, 0.1) is 6.04 Å². The van der Waals surface area contributed by atoms with E-state index < -0.39 is 36.2 Å². The fourth-order valence-electron chi connectivity index (χ4n) is 3.24. The highest BCUT2D eigenvalue weighted by molar-refractivity contribution is 7.81. The van der Waals surface area contributed by atoms with Gasteiger partial charge in [-0.2, -0.15) is 0 Å². The summed E-state index contributed by atoms with van der Waals surface area (Å²) in [7, 11) is 3.85. The van der Waals surface area contributed by atoms with E-state index in [0.717, 1.165) is 11.1 Å². The van der Waals surface area contributed by atoms with Crippen molar-refractivity contribution >= 4 is 23.2 Å². The minimum absolute atomic E-state index is 0.584. The predicted octanol–water partition coefficient (Wildman–Crippen LogP) is 4.86. The van der Waals surface area contributed by atoms with Gasteiger partial charge in [-0.25, -0.2) is 9.18 Å². The molecule has 1 heterocycles. The molecular weight excluding hydrogens is 391 g/mol. The minimum Gasteiger partial charge on any atom is -0.444 e. The fraction of sp³-hybridized carbons (Fsp3) is 0.545. The second-order valence-corrected chi connectivity index (χ2v) is 9.26. The van der Waals surface area contributed by atoms with Gasteiger partial charge in [0.2, 0.25) is 0 Å². The van der Waals surface area contributed by atoms with Gasteiger partial charge in [0.15, 0.2) is 0 Å². The number of allylic oxidation sites excluding steroid dienone is 1. The van der Waals surface area contributed by atoms with E-state index in [4.69, 9.17) is 21.7 Å². The van der Waals surface area contributed by atoms with Crippen LogP contribution in [0.4, 0.5) is 9.18 Å². The second kappa shape index (κ2) is 8.79. The number of hydrogen-bond donors (Lipinski definition) is 0. The maximum atomic E-state index is 14.0. The summed E-state index contributed by atoms with van der Waals surface area (Å²) in [6.07, 6.45) is 2.56. The molecule has 1 aromatic carbocycles. The van der Waals surface area contributed by atoms with Crippen molar-refractivity contribution in [2.24, 2.45) is 0 Å². The van der Waals surface area contributed by atoms with Crippen molar-refractivity contribution in [1.82, 2.24) is 9.80 Å². The molecule has 160 valence electrons. The van der Waals surface area contributed by atoms with Crippen molar-refractivity contribution in [2.75, 3.05) is 20.8 Å². The first-order valence-electron chi connectivity index (χ1n) is 9.61. The Kier molecular flexibility index (Phi) is 7.06. The molecule has 0 radical (unpaired) electrons. The second-order valence-electron chi connectivity index (χ2n) is 8.82. The number of carbonyl (C=O) groups is 1. The van der Waals surface area contributed by atoms with Crippen LogP contribution in [0, 0.1) is 0 Å². The maximum absolute atomic E-state index is 14.0. The predicted molar refractivity (Wildman–Crippen MR) is 117 cm³/mol. The monoisotopic (exact) mass is 422 g/mol. The molecule has 1 aliphatic heterocycles. The lowest BCUT2D eigenvalue weighted by Crippen LogP contribution is -2.50. The summed E-state index contributed by atoms with van der Waals surface area (Å²) in [5.74, 6) is 0. The van der Waals surface area contributed by atoms with E-state index in [-0.39, 0.29) is 0 Å². The van der Waals surface area contributed by atoms with Crippen LogP contribution in [-0.2, 0) is 9.47 Å². The summed E-state index contributed by atoms with van der Waals surface area (Å²) in [6, 6.07) is 6.74. The quantitative estimate of drug-likeness (QED) is 0.385. The van der Waals surface area contributed by atoms with Crippen LogP contribution >= 0.6 is 12.2 Å². The number of ether oxygens (including phenoxy) is 2. The largest absolute Gasteiger partial charge is 0.444 e. The first-order chi connectivity index (χ1) is 13.4. The number of rotatable bonds is 5. The molecule has 1 saturated heterocycles. The highest BCUT2D eigenvalue weighted by Gasteiger charge is 2.51.